The lowest BCUT2D eigenvalue weighted by molar-refractivity contribution is 0.589. The summed E-state index contributed by atoms with van der Waals surface area (Å²) >= 11 is 0. The van der Waals surface area contributed by atoms with Gasteiger partial charge in [0.1, 0.15) is 0 Å². The van der Waals surface area contributed by atoms with Crippen LogP contribution in [0.1, 0.15) is 0 Å². The molecule has 4 rings (SSSR count). The number of hydrogen-bond acceptors (Lipinski definition) is 3. The third-order valence-corrected chi connectivity index (χ3v) is 4.41. The fourth-order valence-corrected chi connectivity index (χ4v) is 3.24. The number of nitrogens with one attached hydrogen (secondary N) is 2. The Labute approximate surface area is 134 Å². The number of benzene rings is 2. The van der Waals surface area contributed by atoms with Gasteiger partial charge < -0.3 is 15.2 Å². The molecule has 23 heavy (non-hydrogen) atoms. The maximum atomic E-state index is 12.4. The maximum Gasteiger partial charge on any atom is 0.256 e. The maximum absolute atomic E-state index is 12.4. The van der Waals surface area contributed by atoms with Gasteiger partial charge in [-0.3, -0.25) is 4.79 Å². The van der Waals surface area contributed by atoms with Gasteiger partial charge in [0.05, 0.1) is 5.69 Å². The molecule has 2 N–H and O–H groups in total. The van der Waals surface area contributed by atoms with E-state index < -0.39 is 0 Å². The number of aromatic amines is 1. The molecule has 3 aromatic rings. The van der Waals surface area contributed by atoms with E-state index in [4.69, 9.17) is 0 Å². The minimum absolute atomic E-state index is 0.0341. The van der Waals surface area contributed by atoms with Crippen LogP contribution in [0.5, 0.6) is 0 Å². The second kappa shape index (κ2) is 5.89. The van der Waals surface area contributed by atoms with Gasteiger partial charge in [0, 0.05) is 42.8 Å². The molecule has 116 valence electrons. The number of hydrogen-bond donors (Lipinski definition) is 2. The first-order valence-corrected chi connectivity index (χ1v) is 8.00. The predicted molar refractivity (Wildman–Crippen MR) is 95.1 cm³/mol. The number of nitrogens with zero attached hydrogens (tertiary/aromatic N) is 1. The van der Waals surface area contributed by atoms with Crippen LogP contribution in [0.4, 0.5) is 5.69 Å². The van der Waals surface area contributed by atoms with Crippen LogP contribution in [0.2, 0.25) is 0 Å². The molecule has 0 spiro atoms. The fourth-order valence-electron chi connectivity index (χ4n) is 3.24. The summed E-state index contributed by atoms with van der Waals surface area (Å²) in [7, 11) is 0. The van der Waals surface area contributed by atoms with Gasteiger partial charge in [0.2, 0.25) is 0 Å². The summed E-state index contributed by atoms with van der Waals surface area (Å²) < 4.78 is 0. The quantitative estimate of drug-likeness (QED) is 0.765. The molecule has 0 radical (unpaired) electrons. The van der Waals surface area contributed by atoms with Gasteiger partial charge in [-0.05, 0) is 23.6 Å². The van der Waals surface area contributed by atoms with E-state index in [0.29, 0.717) is 0 Å². The second-order valence-electron chi connectivity index (χ2n) is 5.85. The summed E-state index contributed by atoms with van der Waals surface area (Å²) in [5.41, 5.74) is 3.10. The average Bonchev–Trinajstić information content (AvgIpc) is 2.62. The van der Waals surface area contributed by atoms with E-state index in [9.17, 15) is 4.79 Å². The van der Waals surface area contributed by atoms with Crippen molar-refractivity contribution in [1.29, 1.82) is 0 Å². The highest BCUT2D eigenvalue weighted by atomic mass is 16.1. The number of aromatic nitrogens is 1. The number of para-hydroxylation sites is 1. The van der Waals surface area contributed by atoms with Crippen LogP contribution in [0.25, 0.3) is 22.0 Å². The van der Waals surface area contributed by atoms with Gasteiger partial charge in [-0.25, -0.2) is 0 Å². The van der Waals surface area contributed by atoms with Gasteiger partial charge in [-0.15, -0.1) is 0 Å². The fraction of sp³-hybridized carbons (Fsp3) is 0.211. The Hall–Kier alpha value is -2.59. The third kappa shape index (κ3) is 2.62. The standard InChI is InChI=1S/C19H19N3O/c23-19-15-6-2-1-5-14(15)13-17(21-19)16-7-3-4-8-18(16)22-11-9-20-10-12-22/h1-8,13,20H,9-12H2,(H,21,23). The molecule has 4 heteroatoms. The van der Waals surface area contributed by atoms with E-state index in [-0.39, 0.29) is 5.56 Å². The first-order chi connectivity index (χ1) is 11.3. The van der Waals surface area contributed by atoms with Crippen LogP contribution < -0.4 is 15.8 Å². The minimum atomic E-state index is -0.0341. The highest BCUT2D eigenvalue weighted by Crippen LogP contribution is 2.30. The summed E-state index contributed by atoms with van der Waals surface area (Å²) in [4.78, 5) is 17.8. The van der Waals surface area contributed by atoms with Crippen LogP contribution >= 0.6 is 0 Å². The van der Waals surface area contributed by atoms with Gasteiger partial charge in [0.25, 0.3) is 5.56 Å². The lowest BCUT2D eigenvalue weighted by atomic mass is 10.0. The van der Waals surface area contributed by atoms with E-state index in [0.717, 1.165) is 48.2 Å². The molecule has 1 saturated heterocycles. The molecule has 0 amide bonds. The lowest BCUT2D eigenvalue weighted by Gasteiger charge is -2.31. The van der Waals surface area contributed by atoms with Gasteiger partial charge in [0.15, 0.2) is 0 Å². The Balaban J connectivity index is 1.86. The molecule has 0 saturated carbocycles. The molecule has 0 unspecified atom stereocenters. The molecular weight excluding hydrogens is 286 g/mol. The predicted octanol–water partition coefficient (Wildman–Crippen LogP) is 2.60. The molecule has 1 aliphatic heterocycles. The molecule has 1 aliphatic rings. The van der Waals surface area contributed by atoms with Crippen molar-refractivity contribution < 1.29 is 0 Å². The molecule has 4 nitrogen and oxygen atoms in total. The molecule has 2 heterocycles. The van der Waals surface area contributed by atoms with Crippen molar-refractivity contribution in [3.63, 3.8) is 0 Å². The highest BCUT2D eigenvalue weighted by molar-refractivity contribution is 5.87. The summed E-state index contributed by atoms with van der Waals surface area (Å²) in [6.07, 6.45) is 0. The largest absolute Gasteiger partial charge is 0.368 e. The topological polar surface area (TPSA) is 48.1 Å². The van der Waals surface area contributed by atoms with Crippen molar-refractivity contribution in [3.8, 4) is 11.3 Å². The number of anilines is 1. The summed E-state index contributed by atoms with van der Waals surface area (Å²) in [5.74, 6) is 0. The van der Waals surface area contributed by atoms with Crippen LogP contribution in [0, 0.1) is 0 Å². The zero-order chi connectivity index (χ0) is 15.6. The van der Waals surface area contributed by atoms with Crippen LogP contribution in [-0.4, -0.2) is 31.2 Å². The van der Waals surface area contributed by atoms with Crippen LogP contribution in [0.3, 0.4) is 0 Å². The van der Waals surface area contributed by atoms with E-state index in [1.165, 1.54) is 5.69 Å². The Bertz CT molecular complexity index is 894. The average molecular weight is 305 g/mol. The summed E-state index contributed by atoms with van der Waals surface area (Å²) in [5, 5.41) is 5.08. The van der Waals surface area contributed by atoms with E-state index in [2.05, 4.69) is 39.5 Å². The lowest BCUT2D eigenvalue weighted by Crippen LogP contribution is -2.43. The van der Waals surface area contributed by atoms with E-state index in [1.54, 1.807) is 0 Å². The Kier molecular flexibility index (Phi) is 3.60. The smallest absolute Gasteiger partial charge is 0.256 e. The Morgan fingerprint density at radius 3 is 2.52 bits per heavy atom. The van der Waals surface area contributed by atoms with Crippen molar-refractivity contribution in [3.05, 3.63) is 65.0 Å². The molecule has 0 bridgehead atoms. The van der Waals surface area contributed by atoms with Crippen molar-refractivity contribution in [2.45, 2.75) is 0 Å². The monoisotopic (exact) mass is 305 g/mol. The van der Waals surface area contributed by atoms with E-state index in [1.807, 2.05) is 30.3 Å². The van der Waals surface area contributed by atoms with Gasteiger partial charge >= 0.3 is 0 Å². The second-order valence-corrected chi connectivity index (χ2v) is 5.85. The van der Waals surface area contributed by atoms with Crippen molar-refractivity contribution in [2.24, 2.45) is 0 Å². The Morgan fingerprint density at radius 2 is 1.65 bits per heavy atom. The first-order valence-electron chi connectivity index (χ1n) is 8.00. The van der Waals surface area contributed by atoms with Gasteiger partial charge in [-0.2, -0.15) is 0 Å². The molecule has 2 aromatic carbocycles. The highest BCUT2D eigenvalue weighted by Gasteiger charge is 2.15. The Morgan fingerprint density at radius 1 is 0.913 bits per heavy atom. The molecule has 0 atom stereocenters. The number of piperazine rings is 1. The van der Waals surface area contributed by atoms with Crippen molar-refractivity contribution >= 4 is 16.5 Å². The summed E-state index contributed by atoms with van der Waals surface area (Å²) in [6.45, 7) is 3.94. The van der Waals surface area contributed by atoms with Crippen LogP contribution in [-0.2, 0) is 0 Å². The number of fused-ring (bicyclic) bond motifs is 1. The molecule has 1 aromatic heterocycles. The number of rotatable bonds is 2. The first kappa shape index (κ1) is 14.0. The summed E-state index contributed by atoms with van der Waals surface area (Å²) in [6, 6.07) is 18.1. The third-order valence-electron chi connectivity index (χ3n) is 4.41. The SMILES string of the molecule is O=c1[nH]c(-c2ccccc2N2CCNCC2)cc2ccccc12. The molecular formula is C19H19N3O. The molecule has 1 fully saturated rings. The normalized spacial score (nSPS) is 15.0. The van der Waals surface area contributed by atoms with Gasteiger partial charge in [-0.1, -0.05) is 36.4 Å². The van der Waals surface area contributed by atoms with Crippen LogP contribution in [0.15, 0.2) is 59.4 Å². The van der Waals surface area contributed by atoms with E-state index >= 15 is 0 Å². The molecule has 0 aliphatic carbocycles. The number of pyridine rings is 1. The minimum Gasteiger partial charge on any atom is -0.368 e. The zero-order valence-corrected chi connectivity index (χ0v) is 12.9. The van der Waals surface area contributed by atoms with Crippen molar-refractivity contribution in [1.82, 2.24) is 10.3 Å². The number of H-pyrrole nitrogens is 1. The zero-order valence-electron chi connectivity index (χ0n) is 12.9. The van der Waals surface area contributed by atoms with Crippen molar-refractivity contribution in [2.75, 3.05) is 31.1 Å².